The molecule has 7 nitrogen and oxygen atoms in total. The van der Waals surface area contributed by atoms with Crippen molar-refractivity contribution in [3.05, 3.63) is 29.8 Å². The minimum absolute atomic E-state index is 0.157. The zero-order chi connectivity index (χ0) is 14.0. The van der Waals surface area contributed by atoms with Crippen LogP contribution in [0.4, 0.5) is 10.3 Å². The normalized spacial score (nSPS) is 11.2. The molecule has 0 fully saturated rings. The summed E-state index contributed by atoms with van der Waals surface area (Å²) in [5, 5.41) is 10.3. The van der Waals surface area contributed by atoms with E-state index in [1.165, 1.54) is 24.3 Å². The van der Waals surface area contributed by atoms with Gasteiger partial charge in [-0.15, -0.1) is 10.2 Å². The molecule has 0 aliphatic carbocycles. The number of rotatable bonds is 3. The molecule has 0 saturated carbocycles. The van der Waals surface area contributed by atoms with Gasteiger partial charge in [0.15, 0.2) is 9.84 Å². The fraction of sp³-hybridized carbons (Fsp3) is 0.100. The lowest BCUT2D eigenvalue weighted by molar-refractivity contribution is 0.102. The molecule has 0 spiro atoms. The Morgan fingerprint density at radius 2 is 1.89 bits per heavy atom. The van der Waals surface area contributed by atoms with Crippen LogP contribution in [-0.4, -0.2) is 30.8 Å². The SMILES string of the molecule is CS(=O)(=O)c1ccc(C(=O)Nc2nnc(N)s2)cc1. The molecule has 0 unspecified atom stereocenters. The number of hydrogen-bond acceptors (Lipinski definition) is 7. The van der Waals surface area contributed by atoms with Crippen molar-refractivity contribution in [1.29, 1.82) is 0 Å². The number of nitrogens with one attached hydrogen (secondary N) is 1. The van der Waals surface area contributed by atoms with Crippen LogP contribution in [0.3, 0.4) is 0 Å². The maximum absolute atomic E-state index is 11.8. The van der Waals surface area contributed by atoms with Crippen molar-refractivity contribution < 1.29 is 13.2 Å². The predicted octanol–water partition coefficient (Wildman–Crippen LogP) is 0.776. The van der Waals surface area contributed by atoms with Crippen molar-refractivity contribution in [3.8, 4) is 0 Å². The first-order valence-corrected chi connectivity index (χ1v) is 7.77. The number of anilines is 2. The van der Waals surface area contributed by atoms with E-state index in [-0.39, 0.29) is 15.2 Å². The summed E-state index contributed by atoms with van der Waals surface area (Å²) in [4.78, 5) is 12.0. The van der Waals surface area contributed by atoms with E-state index in [0.29, 0.717) is 5.56 Å². The van der Waals surface area contributed by atoms with Gasteiger partial charge in [0.25, 0.3) is 5.91 Å². The quantitative estimate of drug-likeness (QED) is 0.865. The van der Waals surface area contributed by atoms with Crippen LogP contribution in [-0.2, 0) is 9.84 Å². The first kappa shape index (κ1) is 13.4. The van der Waals surface area contributed by atoms with Gasteiger partial charge in [0.05, 0.1) is 4.90 Å². The predicted molar refractivity (Wildman–Crippen MR) is 71.8 cm³/mol. The van der Waals surface area contributed by atoms with Crippen molar-refractivity contribution >= 4 is 37.3 Å². The summed E-state index contributed by atoms with van der Waals surface area (Å²) in [6.45, 7) is 0. The van der Waals surface area contributed by atoms with Gasteiger partial charge in [-0.1, -0.05) is 11.3 Å². The Hall–Kier alpha value is -2.00. The van der Waals surface area contributed by atoms with Crippen molar-refractivity contribution in [2.24, 2.45) is 0 Å². The highest BCUT2D eigenvalue weighted by atomic mass is 32.2. The fourth-order valence-corrected chi connectivity index (χ4v) is 2.44. The Morgan fingerprint density at radius 1 is 1.26 bits per heavy atom. The van der Waals surface area contributed by atoms with Crippen LogP contribution in [0.2, 0.25) is 0 Å². The minimum Gasteiger partial charge on any atom is -0.374 e. The van der Waals surface area contributed by atoms with E-state index in [1.54, 1.807) is 0 Å². The Kier molecular flexibility index (Phi) is 3.49. The Bertz CT molecular complexity index is 707. The monoisotopic (exact) mass is 298 g/mol. The van der Waals surface area contributed by atoms with Gasteiger partial charge in [0, 0.05) is 11.8 Å². The molecule has 2 rings (SSSR count). The number of carbonyl (C=O) groups excluding carboxylic acids is 1. The highest BCUT2D eigenvalue weighted by Crippen LogP contribution is 2.18. The fourth-order valence-electron chi connectivity index (χ4n) is 1.31. The molecule has 3 N–H and O–H groups in total. The van der Waals surface area contributed by atoms with Crippen LogP contribution in [0.5, 0.6) is 0 Å². The summed E-state index contributed by atoms with van der Waals surface area (Å²) in [5.74, 6) is -0.406. The number of nitrogens with zero attached hydrogens (tertiary/aromatic N) is 2. The largest absolute Gasteiger partial charge is 0.374 e. The van der Waals surface area contributed by atoms with E-state index >= 15 is 0 Å². The topological polar surface area (TPSA) is 115 Å². The molecular weight excluding hydrogens is 288 g/mol. The number of nitrogen functional groups attached to an aromatic ring is 1. The second-order valence-electron chi connectivity index (χ2n) is 3.70. The molecule has 0 bridgehead atoms. The van der Waals surface area contributed by atoms with Gasteiger partial charge in [0.2, 0.25) is 10.3 Å². The first-order chi connectivity index (χ1) is 8.86. The highest BCUT2D eigenvalue weighted by molar-refractivity contribution is 7.90. The summed E-state index contributed by atoms with van der Waals surface area (Å²) < 4.78 is 22.6. The van der Waals surface area contributed by atoms with Crippen molar-refractivity contribution in [3.63, 3.8) is 0 Å². The molecule has 0 aliphatic heterocycles. The maximum atomic E-state index is 11.8. The Labute approximate surface area is 113 Å². The molecule has 0 radical (unpaired) electrons. The molecule has 1 aromatic heterocycles. The molecule has 1 amide bonds. The van der Waals surface area contributed by atoms with E-state index in [0.717, 1.165) is 17.6 Å². The van der Waals surface area contributed by atoms with Crippen molar-refractivity contribution in [2.45, 2.75) is 4.90 Å². The van der Waals surface area contributed by atoms with Gasteiger partial charge in [0.1, 0.15) is 0 Å². The van der Waals surface area contributed by atoms with Crippen molar-refractivity contribution in [2.75, 3.05) is 17.3 Å². The summed E-state index contributed by atoms with van der Waals surface area (Å²) in [6.07, 6.45) is 1.10. The third kappa shape index (κ3) is 3.26. The molecule has 0 aliphatic rings. The number of aromatic nitrogens is 2. The average Bonchev–Trinajstić information content (AvgIpc) is 2.74. The lowest BCUT2D eigenvalue weighted by Gasteiger charge is -2.02. The van der Waals surface area contributed by atoms with Gasteiger partial charge < -0.3 is 5.73 Å². The minimum atomic E-state index is -3.27. The van der Waals surface area contributed by atoms with E-state index in [2.05, 4.69) is 15.5 Å². The number of sulfone groups is 1. The van der Waals surface area contributed by atoms with Gasteiger partial charge in [-0.05, 0) is 24.3 Å². The van der Waals surface area contributed by atoms with E-state index < -0.39 is 15.7 Å². The van der Waals surface area contributed by atoms with Crippen molar-refractivity contribution in [1.82, 2.24) is 10.2 Å². The van der Waals surface area contributed by atoms with Crippen LogP contribution >= 0.6 is 11.3 Å². The van der Waals surface area contributed by atoms with Gasteiger partial charge >= 0.3 is 0 Å². The lowest BCUT2D eigenvalue weighted by Crippen LogP contribution is -2.11. The van der Waals surface area contributed by atoms with Gasteiger partial charge in [-0.3, -0.25) is 10.1 Å². The smallest absolute Gasteiger partial charge is 0.257 e. The molecule has 1 heterocycles. The molecule has 9 heteroatoms. The first-order valence-electron chi connectivity index (χ1n) is 5.07. The number of benzene rings is 1. The maximum Gasteiger partial charge on any atom is 0.257 e. The standard InChI is InChI=1S/C10H10N4O3S2/c1-19(16,17)7-4-2-6(3-5-7)8(15)12-10-14-13-9(11)18-10/h2-5H,1H3,(H2,11,13)(H,12,14,15). The summed E-state index contributed by atoms with van der Waals surface area (Å²) in [7, 11) is -3.27. The Balaban J connectivity index is 2.16. The van der Waals surface area contributed by atoms with Crippen LogP contribution in [0, 0.1) is 0 Å². The number of carbonyl (C=O) groups is 1. The molecule has 2 aromatic rings. The number of nitrogens with two attached hydrogens (primary N) is 1. The van der Waals surface area contributed by atoms with Crippen LogP contribution < -0.4 is 11.1 Å². The molecule has 1 aromatic carbocycles. The number of hydrogen-bond donors (Lipinski definition) is 2. The zero-order valence-corrected chi connectivity index (χ0v) is 11.5. The molecule has 100 valence electrons. The molecule has 0 atom stereocenters. The zero-order valence-electron chi connectivity index (χ0n) is 9.82. The molecule has 19 heavy (non-hydrogen) atoms. The van der Waals surface area contributed by atoms with E-state index in [9.17, 15) is 13.2 Å². The average molecular weight is 298 g/mol. The lowest BCUT2D eigenvalue weighted by atomic mass is 10.2. The summed E-state index contributed by atoms with van der Waals surface area (Å²) in [6, 6.07) is 5.60. The van der Waals surface area contributed by atoms with Crippen LogP contribution in [0.25, 0.3) is 0 Å². The molecule has 0 saturated heterocycles. The number of amides is 1. The third-order valence-electron chi connectivity index (χ3n) is 2.21. The van der Waals surface area contributed by atoms with Gasteiger partial charge in [-0.2, -0.15) is 0 Å². The second-order valence-corrected chi connectivity index (χ2v) is 6.72. The van der Waals surface area contributed by atoms with Crippen LogP contribution in [0.15, 0.2) is 29.2 Å². The van der Waals surface area contributed by atoms with E-state index in [4.69, 9.17) is 5.73 Å². The molecular formula is C10H10N4O3S2. The van der Waals surface area contributed by atoms with Crippen LogP contribution in [0.1, 0.15) is 10.4 Å². The highest BCUT2D eigenvalue weighted by Gasteiger charge is 2.11. The third-order valence-corrected chi connectivity index (χ3v) is 4.00. The summed E-state index contributed by atoms with van der Waals surface area (Å²) in [5.41, 5.74) is 5.71. The second kappa shape index (κ2) is 4.94. The van der Waals surface area contributed by atoms with Gasteiger partial charge in [-0.25, -0.2) is 8.42 Å². The van der Waals surface area contributed by atoms with E-state index in [1.807, 2.05) is 0 Å². The summed E-state index contributed by atoms with van der Waals surface area (Å²) >= 11 is 1.05. The Morgan fingerprint density at radius 3 is 2.37 bits per heavy atom.